The summed E-state index contributed by atoms with van der Waals surface area (Å²) >= 11 is 0. The third kappa shape index (κ3) is 1.79. The lowest BCUT2D eigenvalue weighted by Crippen LogP contribution is -2.03. The second-order valence-electron chi connectivity index (χ2n) is 4.31. The molecule has 14 heavy (non-hydrogen) atoms. The van der Waals surface area contributed by atoms with Gasteiger partial charge in [-0.25, -0.2) is 0 Å². The van der Waals surface area contributed by atoms with Gasteiger partial charge in [-0.2, -0.15) is 0 Å². The van der Waals surface area contributed by atoms with Crippen LogP contribution in [0.5, 0.6) is 0 Å². The van der Waals surface area contributed by atoms with Crippen molar-refractivity contribution in [3.8, 4) is 0 Å². The molecule has 0 atom stereocenters. The Bertz CT molecular complexity index is 369. The van der Waals surface area contributed by atoms with E-state index in [9.17, 15) is 4.79 Å². The summed E-state index contributed by atoms with van der Waals surface area (Å²) in [6, 6.07) is 6.26. The second-order valence-corrected chi connectivity index (χ2v) is 4.31. The van der Waals surface area contributed by atoms with Crippen LogP contribution in [0.25, 0.3) is 0 Å². The van der Waals surface area contributed by atoms with E-state index in [1.807, 2.05) is 6.07 Å². The molecule has 0 aromatic heterocycles. The van der Waals surface area contributed by atoms with Gasteiger partial charge in [0.2, 0.25) is 5.91 Å². The van der Waals surface area contributed by atoms with Gasteiger partial charge in [-0.05, 0) is 29.5 Å². The van der Waals surface area contributed by atoms with Crippen LogP contribution in [0.15, 0.2) is 18.2 Å². The first kappa shape index (κ1) is 9.25. The van der Waals surface area contributed by atoms with Crippen molar-refractivity contribution >= 4 is 11.6 Å². The summed E-state index contributed by atoms with van der Waals surface area (Å²) in [5, 5.41) is 2.84. The average molecular weight is 189 g/mol. The molecule has 1 aromatic rings. The number of rotatable bonds is 2. The number of nitrogens with one attached hydrogen (secondary N) is 1. The summed E-state index contributed by atoms with van der Waals surface area (Å²) in [6.07, 6.45) is 1.63. The molecule has 1 aliphatic rings. The molecular weight excluding hydrogens is 174 g/mol. The zero-order chi connectivity index (χ0) is 10.1. The van der Waals surface area contributed by atoms with E-state index < -0.39 is 0 Å². The van der Waals surface area contributed by atoms with Crippen molar-refractivity contribution in [3.63, 3.8) is 0 Å². The smallest absolute Gasteiger partial charge is 0.228 e. The van der Waals surface area contributed by atoms with Crippen molar-refractivity contribution in [1.82, 2.24) is 0 Å². The Hall–Kier alpha value is -1.31. The minimum absolute atomic E-state index is 0.113. The van der Waals surface area contributed by atoms with E-state index in [1.54, 1.807) is 0 Å². The Morgan fingerprint density at radius 2 is 2.21 bits per heavy atom. The molecule has 0 saturated carbocycles. The summed E-state index contributed by atoms with van der Waals surface area (Å²) in [4.78, 5) is 11.1. The van der Waals surface area contributed by atoms with Gasteiger partial charge >= 0.3 is 0 Å². The number of fused-ring (bicyclic) bond motifs is 1. The monoisotopic (exact) mass is 189 g/mol. The summed E-state index contributed by atoms with van der Waals surface area (Å²) < 4.78 is 0. The lowest BCUT2D eigenvalue weighted by molar-refractivity contribution is -0.115. The van der Waals surface area contributed by atoms with Gasteiger partial charge in [0.15, 0.2) is 0 Å². The Balaban J connectivity index is 2.24. The third-order valence-electron chi connectivity index (χ3n) is 2.44. The fraction of sp³-hybridized carbons (Fsp3) is 0.417. The highest BCUT2D eigenvalue weighted by molar-refractivity contribution is 5.99. The predicted molar refractivity (Wildman–Crippen MR) is 57.3 cm³/mol. The minimum Gasteiger partial charge on any atom is -0.326 e. The topological polar surface area (TPSA) is 29.1 Å². The number of hydrogen-bond donors (Lipinski definition) is 1. The molecule has 1 heterocycles. The molecule has 0 fully saturated rings. The minimum atomic E-state index is 0.113. The third-order valence-corrected chi connectivity index (χ3v) is 2.44. The predicted octanol–water partition coefficient (Wildman–Crippen LogP) is 2.38. The first-order valence-electron chi connectivity index (χ1n) is 5.07. The Labute approximate surface area is 84.3 Å². The summed E-state index contributed by atoms with van der Waals surface area (Å²) in [5.74, 6) is 0.778. The Morgan fingerprint density at radius 3 is 2.93 bits per heavy atom. The van der Waals surface area contributed by atoms with Gasteiger partial charge in [-0.1, -0.05) is 26.0 Å². The van der Waals surface area contributed by atoms with Crippen molar-refractivity contribution in [3.05, 3.63) is 29.3 Å². The fourth-order valence-electron chi connectivity index (χ4n) is 1.88. The highest BCUT2D eigenvalue weighted by Gasteiger charge is 2.17. The van der Waals surface area contributed by atoms with Crippen molar-refractivity contribution in [1.29, 1.82) is 0 Å². The first-order chi connectivity index (χ1) is 6.65. The highest BCUT2D eigenvalue weighted by Crippen LogP contribution is 2.24. The van der Waals surface area contributed by atoms with E-state index in [-0.39, 0.29) is 5.91 Å². The zero-order valence-corrected chi connectivity index (χ0v) is 8.63. The van der Waals surface area contributed by atoms with E-state index in [4.69, 9.17) is 0 Å². The van der Waals surface area contributed by atoms with E-state index in [0.29, 0.717) is 12.3 Å². The number of carbonyl (C=O) groups is 1. The molecule has 74 valence electrons. The van der Waals surface area contributed by atoms with Gasteiger partial charge < -0.3 is 5.32 Å². The van der Waals surface area contributed by atoms with Gasteiger partial charge in [-0.15, -0.1) is 0 Å². The van der Waals surface area contributed by atoms with Gasteiger partial charge in [0.25, 0.3) is 0 Å². The normalized spacial score (nSPS) is 14.4. The molecular formula is C12H15NO. The molecule has 0 saturated heterocycles. The van der Waals surface area contributed by atoms with Crippen molar-refractivity contribution in [2.75, 3.05) is 5.32 Å². The van der Waals surface area contributed by atoms with Gasteiger partial charge in [0, 0.05) is 5.69 Å². The van der Waals surface area contributed by atoms with Gasteiger partial charge in [0.05, 0.1) is 6.42 Å². The molecule has 0 spiro atoms. The molecule has 0 bridgehead atoms. The quantitative estimate of drug-likeness (QED) is 0.760. The zero-order valence-electron chi connectivity index (χ0n) is 8.63. The van der Waals surface area contributed by atoms with Crippen molar-refractivity contribution < 1.29 is 4.79 Å². The van der Waals surface area contributed by atoms with Crippen molar-refractivity contribution in [2.45, 2.75) is 26.7 Å². The van der Waals surface area contributed by atoms with Crippen LogP contribution in [0.4, 0.5) is 5.69 Å². The fourth-order valence-corrected chi connectivity index (χ4v) is 1.88. The second kappa shape index (κ2) is 3.45. The van der Waals surface area contributed by atoms with Crippen LogP contribution in [0, 0.1) is 5.92 Å². The van der Waals surface area contributed by atoms with Crippen LogP contribution in [-0.2, 0) is 17.6 Å². The van der Waals surface area contributed by atoms with Crippen LogP contribution in [0.3, 0.4) is 0 Å². The van der Waals surface area contributed by atoms with Crippen LogP contribution in [-0.4, -0.2) is 5.91 Å². The number of benzene rings is 1. The van der Waals surface area contributed by atoms with E-state index in [0.717, 1.165) is 17.7 Å². The molecule has 0 aliphatic carbocycles. The van der Waals surface area contributed by atoms with Gasteiger partial charge in [0.1, 0.15) is 0 Å². The Morgan fingerprint density at radius 1 is 1.43 bits per heavy atom. The Kier molecular flexibility index (Phi) is 2.28. The molecule has 1 N–H and O–H groups in total. The average Bonchev–Trinajstić information content (AvgIpc) is 2.42. The molecule has 1 amide bonds. The van der Waals surface area contributed by atoms with E-state index >= 15 is 0 Å². The van der Waals surface area contributed by atoms with Crippen LogP contribution >= 0.6 is 0 Å². The lowest BCUT2D eigenvalue weighted by atomic mass is 10.00. The SMILES string of the molecule is CC(C)Cc1ccc2c(c1)CC(=O)N2. The number of carbonyl (C=O) groups excluding carboxylic acids is 1. The van der Waals surface area contributed by atoms with Crippen molar-refractivity contribution in [2.24, 2.45) is 5.92 Å². The number of anilines is 1. The van der Waals surface area contributed by atoms with Crippen LogP contribution < -0.4 is 5.32 Å². The summed E-state index contributed by atoms with van der Waals surface area (Å²) in [6.45, 7) is 4.41. The molecule has 2 heteroatoms. The van der Waals surface area contributed by atoms with E-state index in [2.05, 4.69) is 31.3 Å². The number of hydrogen-bond acceptors (Lipinski definition) is 1. The maximum absolute atomic E-state index is 11.1. The standard InChI is InChI=1S/C12H15NO/c1-8(2)5-9-3-4-11-10(6-9)7-12(14)13-11/h3-4,6,8H,5,7H2,1-2H3,(H,13,14). The molecule has 1 aromatic carbocycles. The molecule has 1 aliphatic heterocycles. The van der Waals surface area contributed by atoms with E-state index in [1.165, 1.54) is 5.56 Å². The molecule has 0 radical (unpaired) electrons. The first-order valence-corrected chi connectivity index (χ1v) is 5.07. The lowest BCUT2D eigenvalue weighted by Gasteiger charge is -2.06. The van der Waals surface area contributed by atoms with Crippen LogP contribution in [0.2, 0.25) is 0 Å². The highest BCUT2D eigenvalue weighted by atomic mass is 16.1. The maximum atomic E-state index is 11.1. The molecule has 0 unspecified atom stereocenters. The van der Waals surface area contributed by atoms with Crippen LogP contribution in [0.1, 0.15) is 25.0 Å². The number of amides is 1. The molecule has 2 nitrogen and oxygen atoms in total. The summed E-state index contributed by atoms with van der Waals surface area (Å²) in [5.41, 5.74) is 3.46. The summed E-state index contributed by atoms with van der Waals surface area (Å²) in [7, 11) is 0. The largest absolute Gasteiger partial charge is 0.326 e. The maximum Gasteiger partial charge on any atom is 0.228 e. The molecule has 2 rings (SSSR count). The van der Waals surface area contributed by atoms with Gasteiger partial charge in [-0.3, -0.25) is 4.79 Å².